The molecule has 0 aliphatic carbocycles. The van der Waals surface area contributed by atoms with Gasteiger partial charge in [-0.3, -0.25) is 0 Å². The Morgan fingerprint density at radius 1 is 1.19 bits per heavy atom. The maximum absolute atomic E-state index is 11.4. The largest absolute Gasteiger partial charge is 0.478 e. The molecule has 1 aliphatic rings. The van der Waals surface area contributed by atoms with Crippen LogP contribution in [0.1, 0.15) is 28.3 Å². The predicted molar refractivity (Wildman–Crippen MR) is 84.4 cm³/mol. The van der Waals surface area contributed by atoms with Crippen LogP contribution < -0.4 is 4.90 Å². The second-order valence-electron chi connectivity index (χ2n) is 5.31. The second-order valence-corrected chi connectivity index (χ2v) is 5.75. The zero-order chi connectivity index (χ0) is 14.8. The van der Waals surface area contributed by atoms with Crippen molar-refractivity contribution in [2.24, 2.45) is 0 Å². The summed E-state index contributed by atoms with van der Waals surface area (Å²) in [5, 5.41) is 9.90. The number of carbonyl (C=O) groups is 1. The minimum atomic E-state index is -0.912. The number of hydrogen-bond donors (Lipinski definition) is 1. The van der Waals surface area contributed by atoms with Gasteiger partial charge in [0.05, 0.1) is 11.3 Å². The number of carboxylic acid groups (broad SMARTS) is 1. The van der Waals surface area contributed by atoms with Crippen LogP contribution in [0.25, 0.3) is 0 Å². The number of nitrogens with zero attached hydrogens (tertiary/aromatic N) is 1. The highest BCUT2D eigenvalue weighted by Gasteiger charge is 2.26. The molecule has 2 aromatic rings. The Hall–Kier alpha value is -2.00. The number of hydrogen-bond acceptors (Lipinski definition) is 2. The summed E-state index contributed by atoms with van der Waals surface area (Å²) in [6.07, 6.45) is 1.02. The molecule has 0 bridgehead atoms. The third-order valence-corrected chi connectivity index (χ3v) is 4.23. The highest BCUT2D eigenvalue weighted by atomic mass is 35.5. The van der Waals surface area contributed by atoms with E-state index in [1.165, 1.54) is 5.56 Å². The molecule has 4 heteroatoms. The molecule has 1 fully saturated rings. The van der Waals surface area contributed by atoms with Gasteiger partial charge in [0.2, 0.25) is 0 Å². The summed E-state index contributed by atoms with van der Waals surface area (Å²) in [5.74, 6) is -0.475. The van der Waals surface area contributed by atoms with Gasteiger partial charge in [-0.15, -0.1) is 0 Å². The Morgan fingerprint density at radius 2 is 1.95 bits per heavy atom. The first-order valence-corrected chi connectivity index (χ1v) is 7.35. The lowest BCUT2D eigenvalue weighted by atomic mass is 9.99. The number of carboxylic acids is 1. The molecule has 3 nitrogen and oxygen atoms in total. The van der Waals surface area contributed by atoms with Crippen LogP contribution in [0.2, 0.25) is 5.02 Å². The predicted octanol–water partition coefficient (Wildman–Crippen LogP) is 4.03. The van der Waals surface area contributed by atoms with E-state index < -0.39 is 5.97 Å². The number of anilines is 1. The molecular weight excluding hydrogens is 286 g/mol. The summed E-state index contributed by atoms with van der Waals surface area (Å²) in [4.78, 5) is 13.5. The highest BCUT2D eigenvalue weighted by molar-refractivity contribution is 6.31. The molecule has 108 valence electrons. The van der Waals surface area contributed by atoms with Crippen LogP contribution in [-0.2, 0) is 0 Å². The standard InChI is InChI=1S/C17H16ClNO2/c18-14-6-7-15(17(20)21)16(10-14)19-9-8-13(11-19)12-4-2-1-3-5-12/h1-7,10,13H,8-9,11H2,(H,20,21). The molecule has 1 N–H and O–H groups in total. The Bertz CT molecular complexity index is 657. The normalized spacial score (nSPS) is 18.0. The van der Waals surface area contributed by atoms with Crippen molar-refractivity contribution < 1.29 is 9.90 Å². The van der Waals surface area contributed by atoms with Gasteiger partial charge in [0.25, 0.3) is 0 Å². The molecule has 1 atom stereocenters. The molecule has 3 rings (SSSR count). The van der Waals surface area contributed by atoms with Gasteiger partial charge in [-0.2, -0.15) is 0 Å². The van der Waals surface area contributed by atoms with Crippen molar-refractivity contribution in [1.29, 1.82) is 0 Å². The quantitative estimate of drug-likeness (QED) is 0.930. The molecule has 1 aliphatic heterocycles. The minimum Gasteiger partial charge on any atom is -0.478 e. The highest BCUT2D eigenvalue weighted by Crippen LogP contribution is 2.33. The summed E-state index contributed by atoms with van der Waals surface area (Å²) >= 11 is 6.03. The lowest BCUT2D eigenvalue weighted by Crippen LogP contribution is -2.21. The van der Waals surface area contributed by atoms with Gasteiger partial charge >= 0.3 is 5.97 Å². The van der Waals surface area contributed by atoms with Crippen LogP contribution in [0.15, 0.2) is 48.5 Å². The Balaban J connectivity index is 1.86. The fourth-order valence-corrected chi connectivity index (χ4v) is 3.09. The molecule has 0 saturated carbocycles. The molecule has 0 spiro atoms. The Morgan fingerprint density at radius 3 is 2.67 bits per heavy atom. The van der Waals surface area contributed by atoms with Crippen LogP contribution in [0.5, 0.6) is 0 Å². The summed E-state index contributed by atoms with van der Waals surface area (Å²) in [5.41, 5.74) is 2.33. The van der Waals surface area contributed by atoms with E-state index in [1.54, 1.807) is 18.2 Å². The number of aromatic carboxylic acids is 1. The van der Waals surface area contributed by atoms with E-state index in [2.05, 4.69) is 17.0 Å². The van der Waals surface area contributed by atoms with Gasteiger partial charge in [-0.1, -0.05) is 41.9 Å². The van der Waals surface area contributed by atoms with Crippen LogP contribution in [0, 0.1) is 0 Å². The molecule has 1 saturated heterocycles. The second kappa shape index (κ2) is 5.78. The van der Waals surface area contributed by atoms with Gasteiger partial charge < -0.3 is 10.0 Å². The van der Waals surface area contributed by atoms with Crippen molar-refractivity contribution in [2.75, 3.05) is 18.0 Å². The van der Waals surface area contributed by atoms with Crippen molar-refractivity contribution in [2.45, 2.75) is 12.3 Å². The number of halogens is 1. The van der Waals surface area contributed by atoms with Crippen LogP contribution >= 0.6 is 11.6 Å². The fraction of sp³-hybridized carbons (Fsp3) is 0.235. The lowest BCUT2D eigenvalue weighted by molar-refractivity contribution is 0.0697. The van der Waals surface area contributed by atoms with Crippen molar-refractivity contribution in [3.05, 3.63) is 64.7 Å². The molecule has 0 aromatic heterocycles. The first-order valence-electron chi connectivity index (χ1n) is 6.98. The topological polar surface area (TPSA) is 40.5 Å². The SMILES string of the molecule is O=C(O)c1ccc(Cl)cc1N1CCC(c2ccccc2)C1. The Kier molecular flexibility index (Phi) is 3.84. The molecule has 0 amide bonds. The Labute approximate surface area is 128 Å². The van der Waals surface area contributed by atoms with E-state index in [0.29, 0.717) is 22.2 Å². The zero-order valence-electron chi connectivity index (χ0n) is 11.5. The summed E-state index contributed by atoms with van der Waals surface area (Å²) in [6.45, 7) is 1.67. The number of rotatable bonds is 3. The third kappa shape index (κ3) is 2.88. The van der Waals surface area contributed by atoms with E-state index in [-0.39, 0.29) is 0 Å². The molecule has 21 heavy (non-hydrogen) atoms. The van der Waals surface area contributed by atoms with E-state index in [1.807, 2.05) is 18.2 Å². The van der Waals surface area contributed by atoms with Gasteiger partial charge in [-0.25, -0.2) is 4.79 Å². The monoisotopic (exact) mass is 301 g/mol. The van der Waals surface area contributed by atoms with Gasteiger partial charge in [0, 0.05) is 24.0 Å². The van der Waals surface area contributed by atoms with Gasteiger partial charge in [0.15, 0.2) is 0 Å². The van der Waals surface area contributed by atoms with Crippen LogP contribution in [0.3, 0.4) is 0 Å². The van der Waals surface area contributed by atoms with Crippen LogP contribution in [0.4, 0.5) is 5.69 Å². The molecule has 0 radical (unpaired) electrons. The fourth-order valence-electron chi connectivity index (χ4n) is 2.92. The van der Waals surface area contributed by atoms with Crippen LogP contribution in [-0.4, -0.2) is 24.2 Å². The lowest BCUT2D eigenvalue weighted by Gasteiger charge is -2.21. The van der Waals surface area contributed by atoms with Gasteiger partial charge in [-0.05, 0) is 30.2 Å². The van der Waals surface area contributed by atoms with E-state index in [9.17, 15) is 9.90 Å². The smallest absolute Gasteiger partial charge is 0.337 e. The first-order chi connectivity index (χ1) is 10.1. The summed E-state index contributed by atoms with van der Waals surface area (Å²) < 4.78 is 0. The zero-order valence-corrected chi connectivity index (χ0v) is 12.3. The first kappa shape index (κ1) is 14.0. The maximum atomic E-state index is 11.4. The minimum absolute atomic E-state index is 0.313. The molecule has 2 aromatic carbocycles. The average Bonchev–Trinajstić information content (AvgIpc) is 2.97. The van der Waals surface area contributed by atoms with Crippen molar-refractivity contribution in [1.82, 2.24) is 0 Å². The summed E-state index contributed by atoms with van der Waals surface area (Å²) in [7, 11) is 0. The molecule has 1 unspecified atom stereocenters. The van der Waals surface area contributed by atoms with E-state index in [4.69, 9.17) is 11.6 Å². The average molecular weight is 302 g/mol. The number of benzene rings is 2. The van der Waals surface area contributed by atoms with Gasteiger partial charge in [0.1, 0.15) is 0 Å². The third-order valence-electron chi connectivity index (χ3n) is 3.99. The van der Waals surface area contributed by atoms with E-state index in [0.717, 1.165) is 19.5 Å². The van der Waals surface area contributed by atoms with Crippen molar-refractivity contribution in [3.8, 4) is 0 Å². The van der Waals surface area contributed by atoms with E-state index >= 15 is 0 Å². The van der Waals surface area contributed by atoms with Crippen molar-refractivity contribution >= 4 is 23.3 Å². The molecular formula is C17H16ClNO2. The maximum Gasteiger partial charge on any atom is 0.337 e. The van der Waals surface area contributed by atoms with Crippen molar-refractivity contribution in [3.63, 3.8) is 0 Å². The summed E-state index contributed by atoms with van der Waals surface area (Å²) in [6, 6.07) is 15.3. The molecule has 1 heterocycles.